The van der Waals surface area contributed by atoms with Crippen LogP contribution in [0.1, 0.15) is 64.3 Å². The molecule has 0 fully saturated rings. The standard InChI is InChI=1S/C24H31N5O2/c1-15(2)19-10-9-18(13-16(19)3)31-17(4)22(30)27-21-14-20(24(5,6)7)28-29(21)23-25-11-8-12-26-23/h8-15,17H,1-7H3,(H,27,30). The highest BCUT2D eigenvalue weighted by Gasteiger charge is 2.24. The van der Waals surface area contributed by atoms with Crippen LogP contribution in [-0.4, -0.2) is 31.8 Å². The Labute approximate surface area is 183 Å². The molecule has 0 aliphatic carbocycles. The average Bonchev–Trinajstić information content (AvgIpc) is 3.12. The molecule has 1 aromatic carbocycles. The number of hydrogen-bond donors (Lipinski definition) is 1. The molecule has 0 saturated heterocycles. The first-order chi connectivity index (χ1) is 14.6. The van der Waals surface area contributed by atoms with Gasteiger partial charge in [-0.05, 0) is 49.1 Å². The summed E-state index contributed by atoms with van der Waals surface area (Å²) < 4.78 is 7.46. The number of aryl methyl sites for hydroxylation is 1. The van der Waals surface area contributed by atoms with Gasteiger partial charge in [0.1, 0.15) is 11.6 Å². The number of rotatable bonds is 6. The van der Waals surface area contributed by atoms with Crippen molar-refractivity contribution in [2.24, 2.45) is 0 Å². The van der Waals surface area contributed by atoms with Crippen molar-refractivity contribution >= 4 is 11.7 Å². The molecule has 0 spiro atoms. The SMILES string of the molecule is Cc1cc(OC(C)C(=O)Nc2cc(C(C)(C)C)nn2-c2ncccn2)ccc1C(C)C. The number of amides is 1. The minimum absolute atomic E-state index is 0.197. The third-order valence-electron chi connectivity index (χ3n) is 5.02. The summed E-state index contributed by atoms with van der Waals surface area (Å²) in [5.74, 6) is 1.72. The number of carbonyl (C=O) groups excluding carboxylic acids is 1. The second kappa shape index (κ2) is 8.88. The second-order valence-corrected chi connectivity index (χ2v) is 9.05. The summed E-state index contributed by atoms with van der Waals surface area (Å²) in [6, 6.07) is 9.52. The van der Waals surface area contributed by atoms with Crippen molar-refractivity contribution in [3.63, 3.8) is 0 Å². The van der Waals surface area contributed by atoms with Crippen molar-refractivity contribution in [1.29, 1.82) is 0 Å². The minimum Gasteiger partial charge on any atom is -0.481 e. The van der Waals surface area contributed by atoms with Gasteiger partial charge in [0.15, 0.2) is 6.10 Å². The Morgan fingerprint density at radius 1 is 1.10 bits per heavy atom. The fourth-order valence-corrected chi connectivity index (χ4v) is 3.24. The number of anilines is 1. The van der Waals surface area contributed by atoms with Crippen molar-refractivity contribution in [2.45, 2.75) is 65.9 Å². The highest BCUT2D eigenvalue weighted by atomic mass is 16.5. The summed E-state index contributed by atoms with van der Waals surface area (Å²) in [4.78, 5) is 21.4. The first kappa shape index (κ1) is 22.5. The second-order valence-electron chi connectivity index (χ2n) is 9.05. The Morgan fingerprint density at radius 2 is 1.77 bits per heavy atom. The Morgan fingerprint density at radius 3 is 2.35 bits per heavy atom. The van der Waals surface area contributed by atoms with E-state index in [1.807, 2.05) is 18.2 Å². The Bertz CT molecular complexity index is 1050. The molecule has 1 amide bonds. The molecule has 1 N–H and O–H groups in total. The van der Waals surface area contributed by atoms with E-state index in [-0.39, 0.29) is 11.3 Å². The van der Waals surface area contributed by atoms with Crippen LogP contribution in [0.2, 0.25) is 0 Å². The van der Waals surface area contributed by atoms with Gasteiger partial charge >= 0.3 is 0 Å². The van der Waals surface area contributed by atoms with E-state index in [2.05, 4.69) is 68.0 Å². The number of carbonyl (C=O) groups is 1. The molecule has 1 unspecified atom stereocenters. The predicted octanol–water partition coefficient (Wildman–Crippen LogP) is 4.80. The van der Waals surface area contributed by atoms with Crippen LogP contribution in [-0.2, 0) is 10.2 Å². The molecule has 7 nitrogen and oxygen atoms in total. The Kier molecular flexibility index (Phi) is 6.43. The lowest BCUT2D eigenvalue weighted by molar-refractivity contribution is -0.122. The van der Waals surface area contributed by atoms with Crippen LogP contribution in [0.4, 0.5) is 5.82 Å². The zero-order chi connectivity index (χ0) is 22.8. The largest absolute Gasteiger partial charge is 0.481 e. The molecule has 31 heavy (non-hydrogen) atoms. The van der Waals surface area contributed by atoms with Gasteiger partial charge in [0, 0.05) is 23.9 Å². The monoisotopic (exact) mass is 421 g/mol. The lowest BCUT2D eigenvalue weighted by Gasteiger charge is -2.17. The first-order valence-electron chi connectivity index (χ1n) is 10.5. The van der Waals surface area contributed by atoms with Crippen molar-refractivity contribution in [1.82, 2.24) is 19.7 Å². The number of nitrogens with zero attached hydrogens (tertiary/aromatic N) is 4. The molecule has 0 bridgehead atoms. The summed E-state index contributed by atoms with van der Waals surface area (Å²) >= 11 is 0. The van der Waals surface area contributed by atoms with E-state index in [0.717, 1.165) is 11.3 Å². The van der Waals surface area contributed by atoms with E-state index in [4.69, 9.17) is 4.74 Å². The van der Waals surface area contributed by atoms with Gasteiger partial charge in [0.2, 0.25) is 0 Å². The molecular weight excluding hydrogens is 390 g/mol. The highest BCUT2D eigenvalue weighted by molar-refractivity contribution is 5.93. The third-order valence-corrected chi connectivity index (χ3v) is 5.02. The number of benzene rings is 1. The molecule has 0 saturated carbocycles. The fourth-order valence-electron chi connectivity index (χ4n) is 3.24. The van der Waals surface area contributed by atoms with Crippen molar-refractivity contribution in [2.75, 3.05) is 5.32 Å². The van der Waals surface area contributed by atoms with E-state index < -0.39 is 6.10 Å². The van der Waals surface area contributed by atoms with Crippen LogP contribution in [0.3, 0.4) is 0 Å². The third kappa shape index (κ3) is 5.29. The molecule has 2 heterocycles. The number of aromatic nitrogens is 4. The van der Waals surface area contributed by atoms with Crippen LogP contribution in [0.5, 0.6) is 5.75 Å². The molecule has 2 aromatic heterocycles. The summed E-state index contributed by atoms with van der Waals surface area (Å²) in [6.45, 7) is 14.3. The van der Waals surface area contributed by atoms with E-state index in [1.54, 1.807) is 30.1 Å². The molecule has 7 heteroatoms. The van der Waals surface area contributed by atoms with Crippen LogP contribution in [0.15, 0.2) is 42.7 Å². The molecule has 1 atom stereocenters. The normalized spacial score (nSPS) is 12.6. The molecular formula is C24H31N5O2. The van der Waals surface area contributed by atoms with Crippen molar-refractivity contribution in [3.8, 4) is 11.7 Å². The molecule has 0 aliphatic heterocycles. The lowest BCUT2D eigenvalue weighted by atomic mass is 9.92. The quantitative estimate of drug-likeness (QED) is 0.618. The topological polar surface area (TPSA) is 81.9 Å². The lowest BCUT2D eigenvalue weighted by Crippen LogP contribution is -2.31. The van der Waals surface area contributed by atoms with Crippen molar-refractivity contribution < 1.29 is 9.53 Å². The summed E-state index contributed by atoms with van der Waals surface area (Å²) in [5, 5.41) is 7.54. The van der Waals surface area contributed by atoms with Gasteiger partial charge in [0.05, 0.1) is 5.69 Å². The highest BCUT2D eigenvalue weighted by Crippen LogP contribution is 2.26. The van der Waals surface area contributed by atoms with Crippen LogP contribution in [0.25, 0.3) is 5.95 Å². The van der Waals surface area contributed by atoms with Crippen LogP contribution in [0, 0.1) is 6.92 Å². The molecule has 0 radical (unpaired) electrons. The number of ether oxygens (including phenoxy) is 1. The summed E-state index contributed by atoms with van der Waals surface area (Å²) in [6.07, 6.45) is 2.59. The first-order valence-corrected chi connectivity index (χ1v) is 10.5. The van der Waals surface area contributed by atoms with Gasteiger partial charge in [-0.15, -0.1) is 0 Å². The summed E-state index contributed by atoms with van der Waals surface area (Å²) in [5.41, 5.74) is 3.04. The van der Waals surface area contributed by atoms with Gasteiger partial charge in [-0.3, -0.25) is 4.79 Å². The van der Waals surface area contributed by atoms with Gasteiger partial charge in [-0.2, -0.15) is 9.78 Å². The maximum atomic E-state index is 12.9. The maximum absolute atomic E-state index is 12.9. The van der Waals surface area contributed by atoms with Gasteiger partial charge in [-0.1, -0.05) is 40.7 Å². The smallest absolute Gasteiger partial charge is 0.266 e. The van der Waals surface area contributed by atoms with Gasteiger partial charge in [-0.25, -0.2) is 9.97 Å². The fraction of sp³-hybridized carbons (Fsp3) is 0.417. The Hall–Kier alpha value is -3.22. The number of nitrogens with one attached hydrogen (secondary N) is 1. The van der Waals surface area contributed by atoms with Crippen LogP contribution < -0.4 is 10.1 Å². The number of hydrogen-bond acceptors (Lipinski definition) is 5. The van der Waals surface area contributed by atoms with E-state index >= 15 is 0 Å². The summed E-state index contributed by atoms with van der Waals surface area (Å²) in [7, 11) is 0. The van der Waals surface area contributed by atoms with E-state index in [9.17, 15) is 4.79 Å². The Balaban J connectivity index is 1.81. The molecule has 0 aliphatic rings. The zero-order valence-electron chi connectivity index (χ0n) is 19.3. The molecule has 3 rings (SSSR count). The predicted molar refractivity (Wildman–Crippen MR) is 122 cm³/mol. The minimum atomic E-state index is -0.692. The molecule has 3 aromatic rings. The van der Waals surface area contributed by atoms with E-state index in [1.165, 1.54) is 5.56 Å². The van der Waals surface area contributed by atoms with Crippen LogP contribution >= 0.6 is 0 Å². The zero-order valence-corrected chi connectivity index (χ0v) is 19.3. The molecule has 164 valence electrons. The maximum Gasteiger partial charge on any atom is 0.266 e. The average molecular weight is 422 g/mol. The van der Waals surface area contributed by atoms with Gasteiger partial charge in [0.25, 0.3) is 11.9 Å². The van der Waals surface area contributed by atoms with Gasteiger partial charge < -0.3 is 10.1 Å². The van der Waals surface area contributed by atoms with Crippen molar-refractivity contribution in [3.05, 3.63) is 59.5 Å². The van der Waals surface area contributed by atoms with E-state index in [0.29, 0.717) is 23.4 Å².